The molecule has 0 bridgehead atoms. The molecule has 174 valence electrons. The van der Waals surface area contributed by atoms with E-state index in [-0.39, 0.29) is 10.9 Å². The van der Waals surface area contributed by atoms with Crippen LogP contribution >= 0.6 is 11.6 Å². The summed E-state index contributed by atoms with van der Waals surface area (Å²) in [6.07, 6.45) is 6.10. The quantitative estimate of drug-likeness (QED) is 0.157. The van der Waals surface area contributed by atoms with E-state index in [9.17, 15) is 4.79 Å². The van der Waals surface area contributed by atoms with E-state index in [1.54, 1.807) is 24.5 Å². The molecule has 11 heteroatoms. The number of hydrogen-bond acceptors (Lipinski definition) is 7. The van der Waals surface area contributed by atoms with Crippen LogP contribution in [0.3, 0.4) is 0 Å². The zero-order valence-corrected chi connectivity index (χ0v) is 19.0. The molecule has 2 aromatic carbocycles. The molecule has 35 heavy (non-hydrogen) atoms. The molecular weight excluding hydrogens is 466 g/mol. The Hall–Kier alpha value is -4.83. The highest BCUT2D eigenvalue weighted by atomic mass is 35.5. The molecule has 0 saturated carbocycles. The third-order valence-corrected chi connectivity index (χ3v) is 5.47. The van der Waals surface area contributed by atoms with Crippen molar-refractivity contribution in [1.82, 2.24) is 30.5 Å². The largest absolute Gasteiger partial charge is 0.405 e. The molecule has 0 aliphatic heterocycles. The van der Waals surface area contributed by atoms with Gasteiger partial charge in [-0.15, -0.1) is 0 Å². The number of nitrogens with two attached hydrogens (primary N) is 2. The van der Waals surface area contributed by atoms with Gasteiger partial charge in [0.2, 0.25) is 0 Å². The number of benzene rings is 2. The van der Waals surface area contributed by atoms with Gasteiger partial charge in [-0.3, -0.25) is 9.89 Å². The Bertz CT molecular complexity index is 1610. The number of amides is 1. The van der Waals surface area contributed by atoms with Crippen LogP contribution in [0.5, 0.6) is 0 Å². The van der Waals surface area contributed by atoms with Gasteiger partial charge in [0.05, 0.1) is 17.4 Å². The van der Waals surface area contributed by atoms with Crippen LogP contribution in [0.25, 0.3) is 33.2 Å². The summed E-state index contributed by atoms with van der Waals surface area (Å²) in [4.78, 5) is 24.8. The van der Waals surface area contributed by atoms with Crippen LogP contribution in [0, 0.1) is 0 Å². The summed E-state index contributed by atoms with van der Waals surface area (Å²) in [6.45, 7) is 0. The average Bonchev–Trinajstić information content (AvgIpc) is 3.50. The predicted molar refractivity (Wildman–Crippen MR) is 137 cm³/mol. The summed E-state index contributed by atoms with van der Waals surface area (Å²) < 4.78 is 0. The monoisotopic (exact) mass is 485 g/mol. The van der Waals surface area contributed by atoms with Crippen molar-refractivity contribution in [3.8, 4) is 11.4 Å². The fourth-order valence-corrected chi connectivity index (χ4v) is 3.70. The number of allylic oxidation sites excluding steroid dienone is 1. The minimum Gasteiger partial charge on any atom is -0.405 e. The minimum atomic E-state index is -0.406. The van der Waals surface area contributed by atoms with E-state index in [1.807, 2.05) is 36.4 Å². The van der Waals surface area contributed by atoms with Gasteiger partial charge < -0.3 is 27.1 Å². The fraction of sp³-hybridized carbons (Fsp3) is 0. The first-order valence-electron chi connectivity index (χ1n) is 10.5. The summed E-state index contributed by atoms with van der Waals surface area (Å²) in [5, 5.41) is 14.7. The lowest BCUT2D eigenvalue weighted by Gasteiger charge is -2.07. The van der Waals surface area contributed by atoms with Gasteiger partial charge in [0.25, 0.3) is 5.91 Å². The number of halogens is 1. The number of carbonyl (C=O) groups excluding carboxylic acids is 1. The van der Waals surface area contributed by atoms with Crippen LogP contribution in [-0.4, -0.2) is 31.1 Å². The number of hydrogen-bond donors (Lipinski definition) is 6. The fourth-order valence-electron chi connectivity index (χ4n) is 3.59. The second-order valence-electron chi connectivity index (χ2n) is 7.62. The van der Waals surface area contributed by atoms with Crippen molar-refractivity contribution in [3.63, 3.8) is 0 Å². The number of H-pyrrole nitrogens is 2. The zero-order chi connectivity index (χ0) is 24.4. The average molecular weight is 486 g/mol. The Morgan fingerprint density at radius 3 is 2.77 bits per heavy atom. The smallest absolute Gasteiger partial charge is 0.272 e. The second-order valence-corrected chi connectivity index (χ2v) is 8.03. The molecule has 10 nitrogen and oxygen atoms in total. The van der Waals surface area contributed by atoms with E-state index in [1.165, 1.54) is 12.3 Å². The number of anilines is 2. The first kappa shape index (κ1) is 22.0. The highest BCUT2D eigenvalue weighted by molar-refractivity contribution is 6.29. The molecule has 0 saturated heterocycles. The Balaban J connectivity index is 1.39. The second kappa shape index (κ2) is 9.20. The Morgan fingerprint density at radius 1 is 1.06 bits per heavy atom. The third-order valence-electron chi connectivity index (χ3n) is 5.26. The maximum atomic E-state index is 12.6. The molecule has 0 fully saturated rings. The summed E-state index contributed by atoms with van der Waals surface area (Å²) in [7, 11) is 0. The van der Waals surface area contributed by atoms with Gasteiger partial charge in [-0.05, 0) is 48.7 Å². The highest BCUT2D eigenvalue weighted by Crippen LogP contribution is 2.25. The van der Waals surface area contributed by atoms with E-state index in [0.29, 0.717) is 17.3 Å². The van der Waals surface area contributed by atoms with Gasteiger partial charge >= 0.3 is 0 Å². The minimum absolute atomic E-state index is 0.0752. The van der Waals surface area contributed by atoms with Crippen molar-refractivity contribution in [2.75, 3.05) is 5.32 Å². The van der Waals surface area contributed by atoms with E-state index in [0.717, 1.165) is 33.1 Å². The van der Waals surface area contributed by atoms with Gasteiger partial charge in [0.1, 0.15) is 16.7 Å². The third kappa shape index (κ3) is 4.63. The summed E-state index contributed by atoms with van der Waals surface area (Å²) in [5.41, 5.74) is 14.9. The van der Waals surface area contributed by atoms with Gasteiger partial charge in [0.15, 0.2) is 5.82 Å². The van der Waals surface area contributed by atoms with Crippen LogP contribution in [0.1, 0.15) is 10.5 Å². The van der Waals surface area contributed by atoms with Gasteiger partial charge in [-0.1, -0.05) is 23.7 Å². The first-order valence-corrected chi connectivity index (χ1v) is 10.9. The molecule has 5 rings (SSSR count). The molecule has 0 spiro atoms. The van der Waals surface area contributed by atoms with E-state index in [2.05, 4.69) is 35.8 Å². The van der Waals surface area contributed by atoms with Crippen LogP contribution in [0.15, 0.2) is 84.1 Å². The standard InChI is InChI=1S/C24H20ClN9O/c25-22(27)18(5-7-26)32-24(35)20-10-13-1-2-14(11-19(13)31-20)23-28-8-6-21(33-23)30-16-3-4-17-15(9-16)12-29-34-17/h1-12,31H,26-27H2,(H,29,34)(H,32,35)(H,28,30,33)/b7-5-,22-18+. The lowest BCUT2D eigenvalue weighted by Crippen LogP contribution is -2.24. The van der Waals surface area contributed by atoms with Crippen LogP contribution < -0.4 is 22.1 Å². The molecule has 1 amide bonds. The van der Waals surface area contributed by atoms with Crippen molar-refractivity contribution in [2.45, 2.75) is 0 Å². The maximum absolute atomic E-state index is 12.6. The van der Waals surface area contributed by atoms with Gasteiger partial charge in [0, 0.05) is 33.7 Å². The van der Waals surface area contributed by atoms with Crippen molar-refractivity contribution in [1.29, 1.82) is 0 Å². The lowest BCUT2D eigenvalue weighted by atomic mass is 10.1. The number of rotatable bonds is 6. The molecule has 5 aromatic rings. The van der Waals surface area contributed by atoms with Crippen molar-refractivity contribution in [2.24, 2.45) is 11.5 Å². The number of fused-ring (bicyclic) bond motifs is 2. The summed E-state index contributed by atoms with van der Waals surface area (Å²) in [6, 6.07) is 15.1. The van der Waals surface area contributed by atoms with Crippen molar-refractivity contribution < 1.29 is 4.79 Å². The zero-order valence-electron chi connectivity index (χ0n) is 18.2. The Morgan fingerprint density at radius 2 is 1.94 bits per heavy atom. The number of nitrogens with one attached hydrogen (secondary N) is 4. The van der Waals surface area contributed by atoms with Crippen LogP contribution in [-0.2, 0) is 0 Å². The number of aromatic amines is 2. The molecule has 3 aromatic heterocycles. The van der Waals surface area contributed by atoms with Crippen molar-refractivity contribution >= 4 is 50.8 Å². The SMILES string of the molecule is N/C=C\C(NC(=O)c1cc2ccc(-c3nccc(Nc4ccc5[nH]ncc5c4)n3)cc2[nH]1)=C(/N)Cl. The first-order chi connectivity index (χ1) is 17.0. The van der Waals surface area contributed by atoms with Crippen LogP contribution in [0.4, 0.5) is 11.5 Å². The number of nitrogens with zero attached hydrogens (tertiary/aromatic N) is 3. The molecule has 0 radical (unpaired) electrons. The summed E-state index contributed by atoms with van der Waals surface area (Å²) in [5.74, 6) is 0.780. The molecule has 0 unspecified atom stereocenters. The number of carbonyl (C=O) groups is 1. The molecule has 0 aliphatic rings. The molecule has 0 aliphatic carbocycles. The van der Waals surface area contributed by atoms with E-state index < -0.39 is 5.91 Å². The predicted octanol–water partition coefficient (Wildman–Crippen LogP) is 3.81. The molecule has 8 N–H and O–H groups in total. The molecule has 0 atom stereocenters. The number of aromatic nitrogens is 5. The van der Waals surface area contributed by atoms with Gasteiger partial charge in [-0.25, -0.2) is 9.97 Å². The Kier molecular flexibility index (Phi) is 5.78. The normalized spacial score (nSPS) is 12.3. The molecule has 3 heterocycles. The van der Waals surface area contributed by atoms with E-state index >= 15 is 0 Å². The van der Waals surface area contributed by atoms with Gasteiger partial charge in [-0.2, -0.15) is 5.10 Å². The maximum Gasteiger partial charge on any atom is 0.272 e. The lowest BCUT2D eigenvalue weighted by molar-refractivity contribution is 0.0963. The highest BCUT2D eigenvalue weighted by Gasteiger charge is 2.13. The van der Waals surface area contributed by atoms with Crippen molar-refractivity contribution in [3.05, 3.63) is 89.7 Å². The topological polar surface area (TPSA) is 163 Å². The summed E-state index contributed by atoms with van der Waals surface area (Å²) >= 11 is 5.81. The van der Waals surface area contributed by atoms with Crippen LogP contribution in [0.2, 0.25) is 0 Å². The van der Waals surface area contributed by atoms with E-state index in [4.69, 9.17) is 23.1 Å². The Labute approximate surface area is 204 Å². The molecular formula is C24H20ClN9O.